The van der Waals surface area contributed by atoms with Crippen LogP contribution in [0.1, 0.15) is 31.0 Å². The van der Waals surface area contributed by atoms with Gasteiger partial charge in [0.1, 0.15) is 11.8 Å². The Hall–Kier alpha value is -1.45. The molecule has 2 atom stereocenters. The number of nitrogens with zero attached hydrogens (tertiary/aromatic N) is 2. The van der Waals surface area contributed by atoms with Crippen molar-refractivity contribution in [3.8, 4) is 6.07 Å². The minimum Gasteiger partial charge on any atom is -0.270 e. The van der Waals surface area contributed by atoms with E-state index in [-0.39, 0.29) is 18.4 Å². The Balaban J connectivity index is 2.74. The summed E-state index contributed by atoms with van der Waals surface area (Å²) in [5.74, 6) is 0.107. The van der Waals surface area contributed by atoms with Gasteiger partial charge in [-0.1, -0.05) is 13.8 Å². The van der Waals surface area contributed by atoms with Crippen LogP contribution in [0.3, 0.4) is 0 Å². The van der Waals surface area contributed by atoms with Crippen molar-refractivity contribution in [1.82, 2.24) is 4.98 Å². The third-order valence-corrected chi connectivity index (χ3v) is 3.39. The molecule has 0 amide bonds. The van der Waals surface area contributed by atoms with Gasteiger partial charge in [0.15, 0.2) is 0 Å². The van der Waals surface area contributed by atoms with E-state index in [1.165, 1.54) is 0 Å². The highest BCUT2D eigenvalue weighted by molar-refractivity contribution is 7.85. The van der Waals surface area contributed by atoms with Crippen molar-refractivity contribution in [3.05, 3.63) is 29.6 Å². The second-order valence-corrected chi connectivity index (χ2v) is 5.98. The van der Waals surface area contributed by atoms with Crippen LogP contribution < -0.4 is 0 Å². The maximum absolute atomic E-state index is 10.9. The fourth-order valence-corrected chi connectivity index (χ4v) is 1.96. The summed E-state index contributed by atoms with van der Waals surface area (Å²) in [7, 11) is -3.41. The van der Waals surface area contributed by atoms with Crippen LogP contribution in [0.5, 0.6) is 0 Å². The highest BCUT2D eigenvalue weighted by Crippen LogP contribution is 2.24. The average molecular weight is 268 g/mol. The van der Waals surface area contributed by atoms with Gasteiger partial charge >= 0.3 is 0 Å². The fourth-order valence-electron chi connectivity index (χ4n) is 1.50. The second-order valence-electron chi connectivity index (χ2n) is 4.34. The van der Waals surface area contributed by atoms with Crippen molar-refractivity contribution in [1.29, 1.82) is 5.26 Å². The Bertz CT molecular complexity index is 549. The molecule has 0 saturated carbocycles. The quantitative estimate of drug-likeness (QED) is 0.759. The lowest BCUT2D eigenvalue weighted by atomic mass is 9.90. The molecule has 0 aliphatic rings. The molecule has 1 heterocycles. The molecule has 0 aliphatic heterocycles. The summed E-state index contributed by atoms with van der Waals surface area (Å²) in [6.45, 7) is 4.00. The van der Waals surface area contributed by atoms with E-state index < -0.39 is 10.1 Å². The van der Waals surface area contributed by atoms with Gasteiger partial charge in [-0.05, 0) is 29.5 Å². The summed E-state index contributed by atoms with van der Waals surface area (Å²) in [5.41, 5.74) is 1.31. The first-order valence-electron chi connectivity index (χ1n) is 5.54. The first-order valence-corrected chi connectivity index (χ1v) is 7.35. The molecule has 0 saturated heterocycles. The molecule has 1 rings (SSSR count). The van der Waals surface area contributed by atoms with Crippen LogP contribution in [0.15, 0.2) is 18.3 Å². The van der Waals surface area contributed by atoms with Gasteiger partial charge in [0.2, 0.25) is 0 Å². The minimum atomic E-state index is -3.41. The van der Waals surface area contributed by atoms with Crippen molar-refractivity contribution >= 4 is 10.1 Å². The van der Waals surface area contributed by atoms with E-state index >= 15 is 0 Å². The van der Waals surface area contributed by atoms with Gasteiger partial charge in [-0.15, -0.1) is 0 Å². The van der Waals surface area contributed by atoms with Crippen LogP contribution in [-0.4, -0.2) is 26.3 Å². The number of pyridine rings is 1. The second kappa shape index (κ2) is 5.94. The molecular formula is C12H16N2O3S. The third kappa shape index (κ3) is 4.43. The smallest absolute Gasteiger partial charge is 0.264 e. The monoisotopic (exact) mass is 268 g/mol. The van der Waals surface area contributed by atoms with Crippen molar-refractivity contribution in [3.63, 3.8) is 0 Å². The van der Waals surface area contributed by atoms with E-state index in [1.807, 2.05) is 26.0 Å². The van der Waals surface area contributed by atoms with Gasteiger partial charge in [0, 0.05) is 6.20 Å². The van der Waals surface area contributed by atoms with Crippen molar-refractivity contribution in [2.45, 2.75) is 19.8 Å². The topological polar surface area (TPSA) is 80.1 Å². The molecule has 5 nitrogen and oxygen atoms in total. The van der Waals surface area contributed by atoms with Crippen LogP contribution in [-0.2, 0) is 14.3 Å². The zero-order chi connectivity index (χ0) is 13.8. The number of hydrogen-bond acceptors (Lipinski definition) is 5. The largest absolute Gasteiger partial charge is 0.270 e. The molecule has 2 unspecified atom stereocenters. The Morgan fingerprint density at radius 1 is 1.50 bits per heavy atom. The zero-order valence-electron chi connectivity index (χ0n) is 10.6. The number of rotatable bonds is 5. The highest BCUT2D eigenvalue weighted by atomic mass is 32.2. The number of nitriles is 1. The predicted octanol–water partition coefficient (Wildman–Crippen LogP) is 1.67. The maximum atomic E-state index is 10.9. The van der Waals surface area contributed by atoms with Crippen molar-refractivity contribution in [2.75, 3.05) is 12.9 Å². The Morgan fingerprint density at radius 3 is 2.72 bits per heavy atom. The predicted molar refractivity (Wildman–Crippen MR) is 67.3 cm³/mol. The zero-order valence-corrected chi connectivity index (χ0v) is 11.4. The van der Waals surface area contributed by atoms with Crippen LogP contribution in [0.2, 0.25) is 0 Å². The summed E-state index contributed by atoms with van der Waals surface area (Å²) in [4.78, 5) is 3.90. The summed E-state index contributed by atoms with van der Waals surface area (Å²) < 4.78 is 26.6. The van der Waals surface area contributed by atoms with E-state index in [0.717, 1.165) is 11.8 Å². The van der Waals surface area contributed by atoms with Gasteiger partial charge in [-0.3, -0.25) is 4.18 Å². The van der Waals surface area contributed by atoms with E-state index in [4.69, 9.17) is 9.44 Å². The molecule has 0 fully saturated rings. The molecule has 0 aliphatic carbocycles. The summed E-state index contributed by atoms with van der Waals surface area (Å²) in [6.07, 6.45) is 2.61. The molecular weight excluding hydrogens is 252 g/mol. The first kappa shape index (κ1) is 14.6. The molecule has 0 radical (unpaired) electrons. The van der Waals surface area contributed by atoms with Gasteiger partial charge in [-0.2, -0.15) is 13.7 Å². The molecule has 0 bridgehead atoms. The van der Waals surface area contributed by atoms with Gasteiger partial charge < -0.3 is 0 Å². The van der Waals surface area contributed by atoms with Crippen LogP contribution in [0.25, 0.3) is 0 Å². The van der Waals surface area contributed by atoms with Gasteiger partial charge in [0.05, 0.1) is 12.9 Å². The SMILES string of the molecule is CC(COS(C)(=O)=O)C(C)c1ccnc(C#N)c1. The number of aromatic nitrogens is 1. The maximum Gasteiger partial charge on any atom is 0.264 e. The van der Waals surface area contributed by atoms with Gasteiger partial charge in [0.25, 0.3) is 10.1 Å². The van der Waals surface area contributed by atoms with Crippen molar-refractivity contribution < 1.29 is 12.6 Å². The highest BCUT2D eigenvalue weighted by Gasteiger charge is 2.17. The van der Waals surface area contributed by atoms with Crippen molar-refractivity contribution in [2.24, 2.45) is 5.92 Å². The molecule has 18 heavy (non-hydrogen) atoms. The minimum absolute atomic E-state index is 0.0219. The number of hydrogen-bond donors (Lipinski definition) is 0. The van der Waals surface area contributed by atoms with E-state index in [1.54, 1.807) is 12.3 Å². The molecule has 1 aromatic heterocycles. The summed E-state index contributed by atoms with van der Waals surface area (Å²) in [6, 6.07) is 5.51. The fraction of sp³-hybridized carbons (Fsp3) is 0.500. The molecule has 0 aromatic carbocycles. The first-order chi connectivity index (χ1) is 8.33. The van der Waals surface area contributed by atoms with Gasteiger partial charge in [-0.25, -0.2) is 4.98 Å². The third-order valence-electron chi connectivity index (χ3n) is 2.82. The normalized spacial score (nSPS) is 14.8. The Morgan fingerprint density at radius 2 is 2.17 bits per heavy atom. The van der Waals surface area contributed by atoms with E-state index in [0.29, 0.717) is 5.69 Å². The molecule has 0 N–H and O–H groups in total. The molecule has 98 valence electrons. The molecule has 1 aromatic rings. The lowest BCUT2D eigenvalue weighted by molar-refractivity contribution is 0.249. The van der Waals surface area contributed by atoms with E-state index in [2.05, 4.69) is 4.98 Å². The standard InChI is InChI=1S/C12H16N2O3S/c1-9(8-17-18(3,15)16)10(2)11-4-5-14-12(6-11)7-13/h4-6,9-10H,8H2,1-3H3. The van der Waals surface area contributed by atoms with Crippen LogP contribution >= 0.6 is 0 Å². The lowest BCUT2D eigenvalue weighted by Crippen LogP contribution is -2.16. The Labute approximate surface area is 108 Å². The molecule has 6 heteroatoms. The Kier molecular flexibility index (Phi) is 4.82. The van der Waals surface area contributed by atoms with Crippen LogP contribution in [0, 0.1) is 17.2 Å². The average Bonchev–Trinajstić information content (AvgIpc) is 2.34. The molecule has 0 spiro atoms. The summed E-state index contributed by atoms with van der Waals surface area (Å²) in [5, 5.41) is 8.78. The summed E-state index contributed by atoms with van der Waals surface area (Å²) >= 11 is 0. The lowest BCUT2D eigenvalue weighted by Gasteiger charge is -2.19. The van der Waals surface area contributed by atoms with E-state index in [9.17, 15) is 8.42 Å². The van der Waals surface area contributed by atoms with Crippen LogP contribution in [0.4, 0.5) is 0 Å².